The second-order valence-electron chi connectivity index (χ2n) is 2.45. The summed E-state index contributed by atoms with van der Waals surface area (Å²) in [6.45, 7) is 2.38. The van der Waals surface area contributed by atoms with E-state index in [9.17, 15) is 0 Å². The largest absolute Gasteiger partial charge is 0.399 e. The van der Waals surface area contributed by atoms with E-state index in [0.717, 1.165) is 0 Å². The predicted octanol–water partition coefficient (Wildman–Crippen LogP) is -0.526. The fourth-order valence-corrected chi connectivity index (χ4v) is 0.751. The summed E-state index contributed by atoms with van der Waals surface area (Å²) in [5.41, 5.74) is 8.29. The normalized spacial score (nSPS) is 30.8. The van der Waals surface area contributed by atoms with Gasteiger partial charge in [0, 0.05) is 6.54 Å². The standard InChI is InChI=1S/C5H11N5/c1-5(3-8-7)4(6)2-9-10-5/h2,8H,3,6-7H2,1H3. The third kappa shape index (κ3) is 1.01. The Bertz CT molecular complexity index is 184. The first-order valence-electron chi connectivity index (χ1n) is 3.00. The van der Waals surface area contributed by atoms with E-state index in [-0.39, 0.29) is 0 Å². The van der Waals surface area contributed by atoms with Gasteiger partial charge in [0.05, 0.1) is 11.9 Å². The van der Waals surface area contributed by atoms with Crippen LogP contribution in [0.25, 0.3) is 0 Å². The van der Waals surface area contributed by atoms with Crippen LogP contribution < -0.4 is 17.0 Å². The predicted molar refractivity (Wildman–Crippen MR) is 37.7 cm³/mol. The molecule has 1 aliphatic rings. The van der Waals surface area contributed by atoms with Gasteiger partial charge in [-0.2, -0.15) is 10.2 Å². The lowest BCUT2D eigenvalue weighted by molar-refractivity contribution is 0.494. The van der Waals surface area contributed by atoms with Crippen molar-refractivity contribution in [3.8, 4) is 0 Å². The van der Waals surface area contributed by atoms with Crippen molar-refractivity contribution in [3.05, 3.63) is 11.9 Å². The van der Waals surface area contributed by atoms with Crippen molar-refractivity contribution in [1.82, 2.24) is 5.43 Å². The second-order valence-corrected chi connectivity index (χ2v) is 2.45. The maximum atomic E-state index is 5.58. The van der Waals surface area contributed by atoms with Gasteiger partial charge in [0.25, 0.3) is 0 Å². The van der Waals surface area contributed by atoms with E-state index in [0.29, 0.717) is 12.2 Å². The number of rotatable bonds is 2. The number of nitrogens with two attached hydrogens (primary N) is 2. The smallest absolute Gasteiger partial charge is 0.133 e. The highest BCUT2D eigenvalue weighted by atomic mass is 15.3. The minimum Gasteiger partial charge on any atom is -0.399 e. The molecule has 0 spiro atoms. The number of hydrogen-bond donors (Lipinski definition) is 3. The summed E-state index contributed by atoms with van der Waals surface area (Å²) in [7, 11) is 0. The molecule has 0 aromatic rings. The van der Waals surface area contributed by atoms with Gasteiger partial charge >= 0.3 is 0 Å². The summed E-state index contributed by atoms with van der Waals surface area (Å²) in [5.74, 6) is 5.12. The number of hydrazine groups is 1. The molecule has 0 bridgehead atoms. The van der Waals surface area contributed by atoms with Crippen LogP contribution in [0.5, 0.6) is 0 Å². The molecular formula is C5H11N5. The Morgan fingerprint density at radius 2 is 2.50 bits per heavy atom. The zero-order chi connectivity index (χ0) is 7.61. The van der Waals surface area contributed by atoms with E-state index >= 15 is 0 Å². The Balaban J connectivity index is 2.69. The molecule has 56 valence electrons. The van der Waals surface area contributed by atoms with Crippen LogP contribution in [0, 0.1) is 0 Å². The van der Waals surface area contributed by atoms with Gasteiger partial charge in [-0.1, -0.05) is 0 Å². The van der Waals surface area contributed by atoms with E-state index in [2.05, 4.69) is 15.7 Å². The molecule has 0 aromatic heterocycles. The molecule has 1 rings (SSSR count). The van der Waals surface area contributed by atoms with E-state index in [1.165, 1.54) is 6.20 Å². The maximum absolute atomic E-state index is 5.58. The van der Waals surface area contributed by atoms with Crippen molar-refractivity contribution in [2.75, 3.05) is 6.54 Å². The fraction of sp³-hybridized carbons (Fsp3) is 0.600. The highest BCUT2D eigenvalue weighted by Gasteiger charge is 2.29. The molecule has 0 saturated carbocycles. The molecule has 1 aliphatic heterocycles. The van der Waals surface area contributed by atoms with Crippen LogP contribution in [-0.4, -0.2) is 12.1 Å². The first-order valence-corrected chi connectivity index (χ1v) is 3.00. The lowest BCUT2D eigenvalue weighted by Crippen LogP contribution is -2.42. The minimum absolute atomic E-state index is 0.436. The van der Waals surface area contributed by atoms with Gasteiger partial charge < -0.3 is 5.73 Å². The minimum atomic E-state index is -0.436. The monoisotopic (exact) mass is 141 g/mol. The topological polar surface area (TPSA) is 88.8 Å². The van der Waals surface area contributed by atoms with Crippen LogP contribution in [0.1, 0.15) is 6.92 Å². The van der Waals surface area contributed by atoms with Crippen molar-refractivity contribution < 1.29 is 0 Å². The highest BCUT2D eigenvalue weighted by molar-refractivity contribution is 5.18. The van der Waals surface area contributed by atoms with Crippen molar-refractivity contribution in [2.24, 2.45) is 21.8 Å². The number of nitrogens with zero attached hydrogens (tertiary/aromatic N) is 2. The van der Waals surface area contributed by atoms with Crippen LogP contribution in [0.2, 0.25) is 0 Å². The zero-order valence-corrected chi connectivity index (χ0v) is 5.83. The van der Waals surface area contributed by atoms with Gasteiger partial charge in [0.2, 0.25) is 0 Å². The molecule has 1 atom stereocenters. The molecule has 0 amide bonds. The molecular weight excluding hydrogens is 130 g/mol. The Morgan fingerprint density at radius 1 is 1.80 bits per heavy atom. The van der Waals surface area contributed by atoms with Crippen molar-refractivity contribution in [3.63, 3.8) is 0 Å². The third-order valence-electron chi connectivity index (χ3n) is 1.54. The van der Waals surface area contributed by atoms with Crippen LogP contribution in [0.4, 0.5) is 0 Å². The molecule has 0 fully saturated rings. The summed E-state index contributed by atoms with van der Waals surface area (Å²) in [6, 6.07) is 0. The molecule has 0 aliphatic carbocycles. The Kier molecular flexibility index (Phi) is 1.69. The fourth-order valence-electron chi connectivity index (χ4n) is 0.751. The van der Waals surface area contributed by atoms with E-state index in [4.69, 9.17) is 11.6 Å². The van der Waals surface area contributed by atoms with Crippen molar-refractivity contribution in [1.29, 1.82) is 0 Å². The van der Waals surface area contributed by atoms with Crippen LogP contribution in [0.3, 0.4) is 0 Å². The van der Waals surface area contributed by atoms with Crippen LogP contribution >= 0.6 is 0 Å². The van der Waals surface area contributed by atoms with Gasteiger partial charge in [0.1, 0.15) is 5.54 Å². The first-order chi connectivity index (χ1) is 4.69. The Morgan fingerprint density at radius 3 is 2.90 bits per heavy atom. The van der Waals surface area contributed by atoms with E-state index in [1.54, 1.807) is 0 Å². The molecule has 5 N–H and O–H groups in total. The first kappa shape index (κ1) is 7.17. The SMILES string of the molecule is CC1(CNN)N=NC=C1N. The molecule has 0 saturated heterocycles. The molecule has 5 heteroatoms. The lowest BCUT2D eigenvalue weighted by Gasteiger charge is -2.18. The average molecular weight is 141 g/mol. The lowest BCUT2D eigenvalue weighted by atomic mass is 10.0. The molecule has 10 heavy (non-hydrogen) atoms. The molecule has 1 heterocycles. The van der Waals surface area contributed by atoms with Crippen molar-refractivity contribution >= 4 is 0 Å². The number of azo groups is 1. The summed E-state index contributed by atoms with van der Waals surface area (Å²) in [6.07, 6.45) is 1.54. The molecule has 0 radical (unpaired) electrons. The molecule has 1 unspecified atom stereocenters. The van der Waals surface area contributed by atoms with E-state index in [1.807, 2.05) is 6.92 Å². The highest BCUT2D eigenvalue weighted by Crippen LogP contribution is 2.21. The second kappa shape index (κ2) is 2.36. The van der Waals surface area contributed by atoms with Gasteiger partial charge in [-0.3, -0.25) is 11.3 Å². The molecule has 0 aromatic carbocycles. The summed E-state index contributed by atoms with van der Waals surface area (Å²) < 4.78 is 0. The van der Waals surface area contributed by atoms with Gasteiger partial charge in [-0.15, -0.1) is 0 Å². The van der Waals surface area contributed by atoms with Crippen LogP contribution in [0.15, 0.2) is 22.1 Å². The van der Waals surface area contributed by atoms with Crippen LogP contribution in [-0.2, 0) is 0 Å². The summed E-state index contributed by atoms with van der Waals surface area (Å²) in [5, 5.41) is 7.58. The van der Waals surface area contributed by atoms with Gasteiger partial charge in [-0.25, -0.2) is 0 Å². The van der Waals surface area contributed by atoms with Gasteiger partial charge in [0.15, 0.2) is 0 Å². The Hall–Kier alpha value is -0.940. The number of nitrogens with one attached hydrogen (secondary N) is 1. The number of hydrogen-bond acceptors (Lipinski definition) is 5. The summed E-state index contributed by atoms with van der Waals surface area (Å²) in [4.78, 5) is 0. The molecule has 5 nitrogen and oxygen atoms in total. The maximum Gasteiger partial charge on any atom is 0.133 e. The van der Waals surface area contributed by atoms with E-state index < -0.39 is 5.54 Å². The van der Waals surface area contributed by atoms with Gasteiger partial charge in [-0.05, 0) is 6.92 Å². The average Bonchev–Trinajstić information content (AvgIpc) is 2.15. The Labute approximate surface area is 59.2 Å². The quantitative estimate of drug-likeness (QED) is 0.357. The van der Waals surface area contributed by atoms with Crippen molar-refractivity contribution in [2.45, 2.75) is 12.5 Å². The zero-order valence-electron chi connectivity index (χ0n) is 5.83. The summed E-state index contributed by atoms with van der Waals surface area (Å²) >= 11 is 0. The third-order valence-corrected chi connectivity index (χ3v) is 1.54.